The van der Waals surface area contributed by atoms with E-state index < -0.39 is 6.10 Å². The molecule has 1 fully saturated rings. The third kappa shape index (κ3) is 5.64. The van der Waals surface area contributed by atoms with Crippen LogP contribution in [0.1, 0.15) is 54.5 Å². The molecule has 0 bridgehead atoms. The largest absolute Gasteiger partial charge is 0.508 e. The van der Waals surface area contributed by atoms with E-state index in [9.17, 15) is 15.0 Å². The van der Waals surface area contributed by atoms with Gasteiger partial charge in [0.25, 0.3) is 0 Å². The molecule has 4 N–H and O–H groups in total. The van der Waals surface area contributed by atoms with Gasteiger partial charge >= 0.3 is 0 Å². The number of Topliss-reactive ketones (excluding diaryl/α,β-unsaturated/α-hetero) is 1. The number of nitrogens with one attached hydrogen (secondary N) is 2. The van der Waals surface area contributed by atoms with Gasteiger partial charge in [0.15, 0.2) is 5.78 Å². The second-order valence-electron chi connectivity index (χ2n) is 8.60. The molecule has 0 amide bonds. The highest BCUT2D eigenvalue weighted by Gasteiger charge is 2.23. The second kappa shape index (κ2) is 10.3. The summed E-state index contributed by atoms with van der Waals surface area (Å²) in [5.74, 6) is 1.21. The van der Waals surface area contributed by atoms with Crippen molar-refractivity contribution in [3.8, 4) is 11.5 Å². The predicted octanol–water partition coefficient (Wildman–Crippen LogP) is 3.04. The molecular weight excluding hydrogens is 392 g/mol. The van der Waals surface area contributed by atoms with Crippen molar-refractivity contribution in [2.45, 2.75) is 44.2 Å². The van der Waals surface area contributed by atoms with Gasteiger partial charge in [-0.15, -0.1) is 0 Å². The van der Waals surface area contributed by atoms with Crippen LogP contribution in [0.25, 0.3) is 0 Å². The van der Waals surface area contributed by atoms with E-state index in [1.54, 1.807) is 24.3 Å². The van der Waals surface area contributed by atoms with E-state index in [-0.39, 0.29) is 30.1 Å². The molecule has 6 nitrogen and oxygen atoms in total. The van der Waals surface area contributed by atoms with Gasteiger partial charge in [-0.2, -0.15) is 0 Å². The predicted molar refractivity (Wildman–Crippen MR) is 119 cm³/mol. The van der Waals surface area contributed by atoms with Crippen LogP contribution in [0.4, 0.5) is 0 Å². The summed E-state index contributed by atoms with van der Waals surface area (Å²) in [6, 6.07) is 12.9. The fourth-order valence-corrected chi connectivity index (χ4v) is 4.56. The highest BCUT2D eigenvalue weighted by Crippen LogP contribution is 2.33. The van der Waals surface area contributed by atoms with Gasteiger partial charge in [-0.1, -0.05) is 18.2 Å². The number of phenols is 1. The van der Waals surface area contributed by atoms with E-state index >= 15 is 0 Å². The van der Waals surface area contributed by atoms with Gasteiger partial charge in [0.2, 0.25) is 0 Å². The van der Waals surface area contributed by atoms with Gasteiger partial charge in [-0.3, -0.25) is 4.79 Å². The Hall–Kier alpha value is -2.41. The molecule has 31 heavy (non-hydrogen) atoms. The number of fused-ring (bicyclic) bond motifs is 1. The maximum atomic E-state index is 12.4. The van der Waals surface area contributed by atoms with Crippen molar-refractivity contribution in [2.75, 3.05) is 26.2 Å². The standard InChI is InChI=1S/C25H32N2O4/c28-20-7-4-18(5-8-20)24(29)15-27-23-3-1-2-17-6-9-21(14-22(17)23)31-16-25(30)19-10-12-26-13-11-19/h4-9,14,19,23-24,26-29H,1-3,10-13,15-16H2/t23-,24-/m0/s1. The van der Waals surface area contributed by atoms with Gasteiger partial charge in [-0.05, 0) is 86.1 Å². The third-order valence-corrected chi connectivity index (χ3v) is 6.44. The van der Waals surface area contributed by atoms with Crippen LogP contribution in [0.3, 0.4) is 0 Å². The van der Waals surface area contributed by atoms with Gasteiger partial charge in [-0.25, -0.2) is 0 Å². The minimum absolute atomic E-state index is 0.106. The van der Waals surface area contributed by atoms with Crippen molar-refractivity contribution < 1.29 is 19.7 Å². The number of phenolic OH excluding ortho intramolecular Hbond substituents is 1. The average molecular weight is 425 g/mol. The van der Waals surface area contributed by atoms with Crippen LogP contribution in [0.15, 0.2) is 42.5 Å². The van der Waals surface area contributed by atoms with Crippen molar-refractivity contribution in [3.63, 3.8) is 0 Å². The summed E-state index contributed by atoms with van der Waals surface area (Å²) < 4.78 is 5.87. The molecule has 0 saturated carbocycles. The van der Waals surface area contributed by atoms with Crippen LogP contribution in [0.5, 0.6) is 11.5 Å². The Balaban J connectivity index is 1.36. The molecule has 2 atom stereocenters. The van der Waals surface area contributed by atoms with Gasteiger partial charge in [0.1, 0.15) is 18.1 Å². The molecule has 0 radical (unpaired) electrons. The molecule has 166 valence electrons. The Labute approximate surface area is 183 Å². The van der Waals surface area contributed by atoms with E-state index in [1.165, 1.54) is 11.1 Å². The van der Waals surface area contributed by atoms with Crippen LogP contribution < -0.4 is 15.4 Å². The van der Waals surface area contributed by atoms with E-state index in [1.807, 2.05) is 6.07 Å². The van der Waals surface area contributed by atoms with Crippen LogP contribution >= 0.6 is 0 Å². The molecule has 1 saturated heterocycles. The molecule has 0 spiro atoms. The summed E-state index contributed by atoms with van der Waals surface area (Å²) in [4.78, 5) is 12.4. The number of ketones is 1. The Morgan fingerprint density at radius 2 is 1.90 bits per heavy atom. The first kappa shape index (κ1) is 21.8. The smallest absolute Gasteiger partial charge is 0.173 e. The lowest BCUT2D eigenvalue weighted by molar-refractivity contribution is -0.125. The SMILES string of the molecule is O=C(COc1ccc2c(c1)[C@@H](NC[C@H](O)c1ccc(O)cc1)CCC2)C1CCNCC1. The average Bonchev–Trinajstić information content (AvgIpc) is 2.82. The van der Waals surface area contributed by atoms with Crippen LogP contribution in [-0.4, -0.2) is 42.2 Å². The summed E-state index contributed by atoms with van der Waals surface area (Å²) in [6.07, 6.45) is 4.25. The van der Waals surface area contributed by atoms with Crippen molar-refractivity contribution in [1.29, 1.82) is 0 Å². The third-order valence-electron chi connectivity index (χ3n) is 6.44. The lowest BCUT2D eigenvalue weighted by Crippen LogP contribution is -2.34. The Bertz CT molecular complexity index is 878. The molecule has 4 rings (SSSR count). The minimum Gasteiger partial charge on any atom is -0.508 e. The molecule has 2 aromatic rings. The van der Waals surface area contributed by atoms with Crippen LogP contribution in [0.2, 0.25) is 0 Å². The zero-order chi connectivity index (χ0) is 21.6. The second-order valence-corrected chi connectivity index (χ2v) is 8.60. The first-order valence-electron chi connectivity index (χ1n) is 11.3. The number of hydrogen-bond donors (Lipinski definition) is 4. The lowest BCUT2D eigenvalue weighted by Gasteiger charge is -2.28. The van der Waals surface area contributed by atoms with Crippen LogP contribution in [0, 0.1) is 5.92 Å². The number of piperidine rings is 1. The number of aliphatic hydroxyl groups excluding tert-OH is 1. The maximum Gasteiger partial charge on any atom is 0.173 e. The highest BCUT2D eigenvalue weighted by atomic mass is 16.5. The van der Waals surface area contributed by atoms with Crippen molar-refractivity contribution in [1.82, 2.24) is 10.6 Å². The van der Waals surface area contributed by atoms with E-state index in [0.717, 1.165) is 56.5 Å². The van der Waals surface area contributed by atoms with E-state index in [2.05, 4.69) is 22.8 Å². The zero-order valence-corrected chi connectivity index (χ0v) is 17.8. The van der Waals surface area contributed by atoms with Crippen LogP contribution in [-0.2, 0) is 11.2 Å². The summed E-state index contributed by atoms with van der Waals surface area (Å²) in [7, 11) is 0. The maximum absolute atomic E-state index is 12.4. The zero-order valence-electron chi connectivity index (χ0n) is 17.8. The monoisotopic (exact) mass is 424 g/mol. The number of hydrogen-bond acceptors (Lipinski definition) is 6. The Morgan fingerprint density at radius 1 is 1.13 bits per heavy atom. The number of carbonyl (C=O) groups excluding carboxylic acids is 1. The van der Waals surface area contributed by atoms with Crippen molar-refractivity contribution >= 4 is 5.78 Å². The number of aryl methyl sites for hydroxylation is 1. The first-order valence-corrected chi connectivity index (χ1v) is 11.3. The van der Waals surface area contributed by atoms with Crippen molar-refractivity contribution in [3.05, 3.63) is 59.2 Å². The molecule has 2 aromatic carbocycles. The lowest BCUT2D eigenvalue weighted by atomic mass is 9.87. The highest BCUT2D eigenvalue weighted by molar-refractivity contribution is 5.82. The van der Waals surface area contributed by atoms with Gasteiger partial charge in [0, 0.05) is 18.5 Å². The summed E-state index contributed by atoms with van der Waals surface area (Å²) in [5.41, 5.74) is 3.26. The number of aliphatic hydroxyl groups is 1. The fraction of sp³-hybridized carbons (Fsp3) is 0.480. The Kier molecular flexibility index (Phi) is 7.22. The minimum atomic E-state index is -0.645. The summed E-state index contributed by atoms with van der Waals surface area (Å²) >= 11 is 0. The normalized spacial score (nSPS) is 20.1. The molecule has 1 aliphatic carbocycles. The number of rotatable bonds is 8. The quantitative estimate of drug-likeness (QED) is 0.521. The Morgan fingerprint density at radius 3 is 2.68 bits per heavy atom. The molecule has 2 aliphatic rings. The molecular formula is C25H32N2O4. The van der Waals surface area contributed by atoms with Gasteiger partial charge in [0.05, 0.1) is 6.10 Å². The number of aromatic hydroxyl groups is 1. The van der Waals surface area contributed by atoms with Gasteiger partial charge < -0.3 is 25.6 Å². The fourth-order valence-electron chi connectivity index (χ4n) is 4.56. The number of ether oxygens (including phenoxy) is 1. The molecule has 1 heterocycles. The van der Waals surface area contributed by atoms with E-state index in [4.69, 9.17) is 4.74 Å². The molecule has 6 heteroatoms. The topological polar surface area (TPSA) is 90.8 Å². The first-order chi connectivity index (χ1) is 15.1. The summed E-state index contributed by atoms with van der Waals surface area (Å²) in [5, 5.41) is 26.7. The summed E-state index contributed by atoms with van der Waals surface area (Å²) in [6.45, 7) is 2.35. The number of benzene rings is 2. The van der Waals surface area contributed by atoms with E-state index in [0.29, 0.717) is 6.54 Å². The molecule has 1 aliphatic heterocycles. The molecule has 0 aromatic heterocycles. The van der Waals surface area contributed by atoms with Crippen molar-refractivity contribution in [2.24, 2.45) is 5.92 Å². The molecule has 0 unspecified atom stereocenters. The number of carbonyl (C=O) groups is 1.